The van der Waals surface area contributed by atoms with Gasteiger partial charge in [0.25, 0.3) is 5.56 Å². The molecule has 0 saturated carbocycles. The van der Waals surface area contributed by atoms with Gasteiger partial charge in [-0.05, 0) is 44.9 Å². The smallest absolute Gasteiger partial charge is 0.321 e. The number of aromatic amines is 1. The summed E-state index contributed by atoms with van der Waals surface area (Å²) in [7, 11) is 0. The third kappa shape index (κ3) is 4.04. The summed E-state index contributed by atoms with van der Waals surface area (Å²) in [5, 5.41) is 1.15. The molecule has 1 aliphatic rings. The van der Waals surface area contributed by atoms with Crippen molar-refractivity contribution in [1.29, 1.82) is 0 Å². The number of benzene rings is 1. The Hall–Kier alpha value is -2.78. The number of imidazole rings is 1. The molecule has 1 fully saturated rings. The van der Waals surface area contributed by atoms with Crippen LogP contribution in [0, 0.1) is 0 Å². The van der Waals surface area contributed by atoms with Crippen LogP contribution in [-0.4, -0.2) is 35.5 Å². The number of H-pyrrole nitrogens is 1. The lowest BCUT2D eigenvalue weighted by atomic mass is 10.0. The molecule has 0 aliphatic carbocycles. The van der Waals surface area contributed by atoms with Gasteiger partial charge in [-0.2, -0.15) is 0 Å². The second-order valence-electron chi connectivity index (χ2n) is 8.71. The lowest BCUT2D eigenvalue weighted by molar-refractivity contribution is 0.135. The monoisotopic (exact) mass is 466 g/mol. The predicted molar refractivity (Wildman–Crippen MR) is 132 cm³/mol. The molecule has 1 atom stereocenters. The summed E-state index contributed by atoms with van der Waals surface area (Å²) in [6, 6.07) is 8.52. The van der Waals surface area contributed by atoms with Crippen LogP contribution in [0.15, 0.2) is 33.9 Å². The molecule has 0 spiro atoms. The number of likely N-dealkylation sites (tertiary alicyclic amines) is 1. The first-order valence-electron chi connectivity index (χ1n) is 11.9. The minimum atomic E-state index is -0.376. The minimum absolute atomic E-state index is 0.238. The molecule has 1 saturated heterocycles. The molecule has 8 nitrogen and oxygen atoms in total. The number of nitrogens with one attached hydrogen (secondary N) is 1. The van der Waals surface area contributed by atoms with E-state index in [0.717, 1.165) is 48.6 Å². The maximum Gasteiger partial charge on any atom is 0.330 e. The molecule has 3 aromatic heterocycles. The number of para-hydroxylation sites is 1. The summed E-state index contributed by atoms with van der Waals surface area (Å²) in [6.07, 6.45) is 5.20. The van der Waals surface area contributed by atoms with Gasteiger partial charge in [0.1, 0.15) is 10.8 Å². The first kappa shape index (κ1) is 22.0. The molecule has 1 aliphatic heterocycles. The molecule has 5 rings (SSSR count). The van der Waals surface area contributed by atoms with Gasteiger partial charge in [0.05, 0.1) is 22.8 Å². The summed E-state index contributed by atoms with van der Waals surface area (Å²) in [4.78, 5) is 40.0. The average molecular weight is 467 g/mol. The van der Waals surface area contributed by atoms with Gasteiger partial charge < -0.3 is 4.57 Å². The molecule has 4 aromatic rings. The number of thiazole rings is 1. The summed E-state index contributed by atoms with van der Waals surface area (Å²) >= 11 is 1.77. The Morgan fingerprint density at radius 3 is 2.76 bits per heavy atom. The molecule has 33 heavy (non-hydrogen) atoms. The molecule has 0 bridgehead atoms. The number of piperidine rings is 1. The number of fused-ring (bicyclic) bond motifs is 2. The molecular formula is C24H30N6O2S. The van der Waals surface area contributed by atoms with E-state index in [2.05, 4.69) is 35.0 Å². The van der Waals surface area contributed by atoms with Crippen LogP contribution in [0.1, 0.15) is 62.8 Å². The van der Waals surface area contributed by atoms with Crippen LogP contribution in [0.5, 0.6) is 0 Å². The predicted octanol–water partition coefficient (Wildman–Crippen LogP) is 4.04. The van der Waals surface area contributed by atoms with Crippen molar-refractivity contribution in [2.24, 2.45) is 0 Å². The number of aromatic nitrogens is 5. The van der Waals surface area contributed by atoms with E-state index in [1.165, 1.54) is 11.1 Å². The Morgan fingerprint density at radius 2 is 1.97 bits per heavy atom. The van der Waals surface area contributed by atoms with Gasteiger partial charge in [0.15, 0.2) is 11.2 Å². The number of hydrogen-bond acceptors (Lipinski definition) is 6. The van der Waals surface area contributed by atoms with Gasteiger partial charge in [-0.1, -0.05) is 31.9 Å². The summed E-state index contributed by atoms with van der Waals surface area (Å²) < 4.78 is 4.81. The van der Waals surface area contributed by atoms with Crippen LogP contribution in [0.25, 0.3) is 21.4 Å². The van der Waals surface area contributed by atoms with E-state index in [9.17, 15) is 9.59 Å². The first-order chi connectivity index (χ1) is 16.1. The lowest BCUT2D eigenvalue weighted by Crippen LogP contribution is -2.34. The van der Waals surface area contributed by atoms with Crippen LogP contribution >= 0.6 is 11.3 Å². The van der Waals surface area contributed by atoms with Crippen LogP contribution in [0.3, 0.4) is 0 Å². The van der Waals surface area contributed by atoms with Gasteiger partial charge in [0, 0.05) is 13.1 Å². The normalized spacial score (nSPS) is 17.3. The quantitative estimate of drug-likeness (QED) is 0.444. The number of unbranched alkanes of at least 4 members (excludes halogenated alkanes) is 1. The van der Waals surface area contributed by atoms with E-state index in [1.807, 2.05) is 17.6 Å². The Labute approximate surface area is 195 Å². The second-order valence-corrected chi connectivity index (χ2v) is 9.77. The molecule has 174 valence electrons. The van der Waals surface area contributed by atoms with Crippen LogP contribution < -0.4 is 11.2 Å². The van der Waals surface area contributed by atoms with Gasteiger partial charge in [-0.25, -0.2) is 14.8 Å². The molecule has 1 aromatic carbocycles. The van der Waals surface area contributed by atoms with Crippen LogP contribution in [0.4, 0.5) is 0 Å². The van der Waals surface area contributed by atoms with E-state index in [0.29, 0.717) is 30.8 Å². The largest absolute Gasteiger partial charge is 0.330 e. The molecule has 1 N–H and O–H groups in total. The molecule has 9 heteroatoms. The van der Waals surface area contributed by atoms with Gasteiger partial charge >= 0.3 is 5.69 Å². The van der Waals surface area contributed by atoms with Crippen molar-refractivity contribution in [2.75, 3.05) is 6.54 Å². The Balaban J connectivity index is 1.54. The SMILES string of the molecule is CCCCn1c(=O)[nH]c(=O)c2c1nc(CN1CCCC[C@H]1c1nc3ccccc3s1)n2CC. The summed E-state index contributed by atoms with van der Waals surface area (Å²) in [5.74, 6) is 0.835. The second kappa shape index (κ2) is 9.23. The third-order valence-electron chi connectivity index (χ3n) is 6.57. The summed E-state index contributed by atoms with van der Waals surface area (Å²) in [5.41, 5.74) is 1.32. The van der Waals surface area contributed by atoms with Crippen molar-refractivity contribution in [3.63, 3.8) is 0 Å². The van der Waals surface area contributed by atoms with E-state index >= 15 is 0 Å². The van der Waals surface area contributed by atoms with Crippen molar-refractivity contribution in [3.05, 3.63) is 55.9 Å². The van der Waals surface area contributed by atoms with Crippen molar-refractivity contribution in [3.8, 4) is 0 Å². The highest BCUT2D eigenvalue weighted by molar-refractivity contribution is 7.18. The molecular weight excluding hydrogens is 436 g/mol. The van der Waals surface area contributed by atoms with Crippen molar-refractivity contribution in [1.82, 2.24) is 29.0 Å². The summed E-state index contributed by atoms with van der Waals surface area (Å²) in [6.45, 7) is 6.88. The van der Waals surface area contributed by atoms with Crippen LogP contribution in [0.2, 0.25) is 0 Å². The first-order valence-corrected chi connectivity index (χ1v) is 12.7. The fourth-order valence-corrected chi connectivity index (χ4v) is 6.01. The number of hydrogen-bond donors (Lipinski definition) is 1. The van der Waals surface area contributed by atoms with E-state index in [4.69, 9.17) is 9.97 Å². The third-order valence-corrected chi connectivity index (χ3v) is 7.71. The highest BCUT2D eigenvalue weighted by Gasteiger charge is 2.29. The topological polar surface area (TPSA) is 88.8 Å². The molecule has 0 unspecified atom stereocenters. The van der Waals surface area contributed by atoms with Crippen molar-refractivity contribution in [2.45, 2.75) is 71.6 Å². The van der Waals surface area contributed by atoms with Crippen molar-refractivity contribution < 1.29 is 0 Å². The van der Waals surface area contributed by atoms with Crippen LogP contribution in [-0.2, 0) is 19.6 Å². The fraction of sp³-hybridized carbons (Fsp3) is 0.500. The van der Waals surface area contributed by atoms with Crippen molar-refractivity contribution >= 4 is 32.7 Å². The standard InChI is InChI=1S/C24H30N6O2S/c1-3-5-14-30-21-20(22(31)27-24(30)32)29(4-2)19(26-21)15-28-13-9-8-11-17(28)23-25-16-10-6-7-12-18(16)33-23/h6-7,10,12,17H,3-5,8-9,11,13-15H2,1-2H3,(H,27,31,32)/t17-/m0/s1. The van der Waals surface area contributed by atoms with Gasteiger partial charge in [-0.3, -0.25) is 19.2 Å². The maximum atomic E-state index is 12.7. The number of aryl methyl sites for hydroxylation is 2. The zero-order valence-electron chi connectivity index (χ0n) is 19.2. The maximum absolute atomic E-state index is 12.7. The van der Waals surface area contributed by atoms with E-state index < -0.39 is 0 Å². The average Bonchev–Trinajstić information content (AvgIpc) is 3.41. The zero-order valence-corrected chi connectivity index (χ0v) is 20.0. The number of nitrogens with zero attached hydrogens (tertiary/aromatic N) is 5. The highest BCUT2D eigenvalue weighted by Crippen LogP contribution is 2.36. The van der Waals surface area contributed by atoms with E-state index in [1.54, 1.807) is 15.9 Å². The van der Waals surface area contributed by atoms with Gasteiger partial charge in [0.2, 0.25) is 0 Å². The Morgan fingerprint density at radius 1 is 1.12 bits per heavy atom. The van der Waals surface area contributed by atoms with Gasteiger partial charge in [-0.15, -0.1) is 11.3 Å². The zero-order chi connectivity index (χ0) is 22.9. The minimum Gasteiger partial charge on any atom is -0.321 e. The molecule has 0 radical (unpaired) electrons. The van der Waals surface area contributed by atoms with E-state index in [-0.39, 0.29) is 17.3 Å². The molecule has 4 heterocycles. The fourth-order valence-electron chi connectivity index (χ4n) is 4.88. The molecule has 0 amide bonds. The Bertz CT molecular complexity index is 1360. The number of rotatable bonds is 7. The Kier molecular flexibility index (Phi) is 6.16. The highest BCUT2D eigenvalue weighted by atomic mass is 32.1. The lowest BCUT2D eigenvalue weighted by Gasteiger charge is -2.34.